The lowest BCUT2D eigenvalue weighted by atomic mass is 10.2. The first-order chi connectivity index (χ1) is 9.06. The van der Waals surface area contributed by atoms with Gasteiger partial charge in [0.1, 0.15) is 0 Å². The first kappa shape index (κ1) is 14.0. The second kappa shape index (κ2) is 6.16. The number of nitrogens with zero attached hydrogens (tertiary/aromatic N) is 1. The first-order valence-electron chi connectivity index (χ1n) is 5.50. The summed E-state index contributed by atoms with van der Waals surface area (Å²) in [6, 6.07) is 8.95. The fourth-order valence-corrected chi connectivity index (χ4v) is 2.64. The summed E-state index contributed by atoms with van der Waals surface area (Å²) >= 11 is 6.81. The molecule has 98 valence electrons. The number of carbonyl (C=O) groups is 1. The highest BCUT2D eigenvalue weighted by Crippen LogP contribution is 2.20. The lowest BCUT2D eigenvalue weighted by Crippen LogP contribution is -2.10. The zero-order chi connectivity index (χ0) is 13.8. The average Bonchev–Trinajstić information content (AvgIpc) is 2.38. The van der Waals surface area contributed by atoms with Gasteiger partial charge in [-0.2, -0.15) is 0 Å². The van der Waals surface area contributed by atoms with Crippen molar-refractivity contribution in [3.63, 3.8) is 0 Å². The molecule has 0 unspecified atom stereocenters. The minimum atomic E-state index is -0.427. The van der Waals surface area contributed by atoms with Crippen LogP contribution in [0.4, 0.5) is 5.69 Å². The number of pyridine rings is 1. The Kier molecular flexibility index (Phi) is 4.55. The van der Waals surface area contributed by atoms with E-state index in [0.717, 1.165) is 20.3 Å². The largest absolute Gasteiger partial charge is 0.379 e. The number of carbonyl (C=O) groups excluding carboxylic acids is 1. The molecular weight excluding hydrogens is 374 g/mol. The molecule has 0 atom stereocenters. The van der Waals surface area contributed by atoms with Crippen molar-refractivity contribution in [1.82, 2.24) is 4.98 Å². The van der Waals surface area contributed by atoms with Crippen LogP contribution in [0.2, 0.25) is 0 Å². The lowest BCUT2D eigenvalue weighted by Gasteiger charge is -2.08. The van der Waals surface area contributed by atoms with Crippen molar-refractivity contribution in [2.24, 2.45) is 5.73 Å². The van der Waals surface area contributed by atoms with Gasteiger partial charge in [-0.1, -0.05) is 0 Å². The summed E-state index contributed by atoms with van der Waals surface area (Å²) in [5.74, 6) is -0.427. The number of anilines is 1. The Bertz CT molecular complexity index is 599. The summed E-state index contributed by atoms with van der Waals surface area (Å²) < 4.78 is 1.86. The van der Waals surface area contributed by atoms with Gasteiger partial charge in [0.15, 0.2) is 0 Å². The second-order valence-electron chi connectivity index (χ2n) is 3.88. The van der Waals surface area contributed by atoms with E-state index >= 15 is 0 Å². The summed E-state index contributed by atoms with van der Waals surface area (Å²) in [6.07, 6.45) is 1.75. The van der Waals surface area contributed by atoms with Gasteiger partial charge in [0.2, 0.25) is 5.91 Å². The van der Waals surface area contributed by atoms with Crippen molar-refractivity contribution in [2.75, 3.05) is 5.32 Å². The van der Waals surface area contributed by atoms with E-state index in [9.17, 15) is 4.79 Å². The van der Waals surface area contributed by atoms with Crippen LogP contribution in [-0.4, -0.2) is 10.9 Å². The summed E-state index contributed by atoms with van der Waals surface area (Å²) in [4.78, 5) is 15.3. The van der Waals surface area contributed by atoms with Crippen molar-refractivity contribution in [3.05, 3.63) is 56.7 Å². The van der Waals surface area contributed by atoms with E-state index in [-0.39, 0.29) is 0 Å². The summed E-state index contributed by atoms with van der Waals surface area (Å²) in [7, 11) is 0. The monoisotopic (exact) mass is 383 g/mol. The fourth-order valence-electron chi connectivity index (χ4n) is 1.51. The molecule has 19 heavy (non-hydrogen) atoms. The number of halogens is 2. The van der Waals surface area contributed by atoms with Crippen LogP contribution in [0.1, 0.15) is 16.1 Å². The van der Waals surface area contributed by atoms with Crippen LogP contribution in [0.15, 0.2) is 45.5 Å². The molecule has 0 aliphatic carbocycles. The Hall–Kier alpha value is -1.40. The topological polar surface area (TPSA) is 68.0 Å². The molecule has 0 aliphatic heterocycles. The Morgan fingerprint density at radius 2 is 1.95 bits per heavy atom. The molecule has 1 amide bonds. The van der Waals surface area contributed by atoms with E-state index in [1.165, 1.54) is 0 Å². The molecular formula is C13H11Br2N3O. The minimum Gasteiger partial charge on any atom is -0.379 e. The van der Waals surface area contributed by atoms with E-state index < -0.39 is 5.91 Å². The van der Waals surface area contributed by atoms with Crippen LogP contribution in [0.3, 0.4) is 0 Å². The Labute approximate surface area is 127 Å². The third-order valence-corrected chi connectivity index (χ3v) is 3.63. The van der Waals surface area contributed by atoms with E-state index in [1.54, 1.807) is 18.3 Å². The SMILES string of the molecule is NC(=O)c1ccc(NCc2ncc(Br)cc2Br)cc1. The third kappa shape index (κ3) is 3.78. The van der Waals surface area contributed by atoms with Gasteiger partial charge in [-0.3, -0.25) is 9.78 Å². The van der Waals surface area contributed by atoms with Gasteiger partial charge in [-0.15, -0.1) is 0 Å². The Morgan fingerprint density at radius 3 is 2.53 bits per heavy atom. The molecule has 0 bridgehead atoms. The maximum atomic E-state index is 10.9. The maximum Gasteiger partial charge on any atom is 0.248 e. The fraction of sp³-hybridized carbons (Fsp3) is 0.0769. The second-order valence-corrected chi connectivity index (χ2v) is 5.65. The predicted octanol–water partition coefficient (Wildman–Crippen LogP) is 3.32. The normalized spacial score (nSPS) is 10.2. The molecule has 6 heteroatoms. The van der Waals surface area contributed by atoms with E-state index in [4.69, 9.17) is 5.73 Å². The Balaban J connectivity index is 2.04. The molecule has 0 aliphatic rings. The molecule has 0 radical (unpaired) electrons. The lowest BCUT2D eigenvalue weighted by molar-refractivity contribution is 0.100. The van der Waals surface area contributed by atoms with Crippen molar-refractivity contribution in [3.8, 4) is 0 Å². The molecule has 0 spiro atoms. The van der Waals surface area contributed by atoms with Gasteiger partial charge in [0.25, 0.3) is 0 Å². The average molecular weight is 385 g/mol. The predicted molar refractivity (Wildman–Crippen MR) is 81.9 cm³/mol. The van der Waals surface area contributed by atoms with Crippen molar-refractivity contribution in [1.29, 1.82) is 0 Å². The van der Waals surface area contributed by atoms with Crippen LogP contribution in [0.5, 0.6) is 0 Å². The van der Waals surface area contributed by atoms with Crippen molar-refractivity contribution >= 4 is 43.5 Å². The smallest absolute Gasteiger partial charge is 0.248 e. The number of hydrogen-bond donors (Lipinski definition) is 2. The number of aromatic nitrogens is 1. The number of benzene rings is 1. The molecule has 2 rings (SSSR count). The first-order valence-corrected chi connectivity index (χ1v) is 7.08. The summed E-state index contributed by atoms with van der Waals surface area (Å²) in [5.41, 5.74) is 7.49. The van der Waals surface area contributed by atoms with Crippen LogP contribution in [0, 0.1) is 0 Å². The van der Waals surface area contributed by atoms with Crippen molar-refractivity contribution < 1.29 is 4.79 Å². The number of nitrogens with two attached hydrogens (primary N) is 1. The van der Waals surface area contributed by atoms with Gasteiger partial charge in [-0.05, 0) is 62.2 Å². The van der Waals surface area contributed by atoms with Crippen LogP contribution in [0.25, 0.3) is 0 Å². The maximum absolute atomic E-state index is 10.9. The number of primary amides is 1. The van der Waals surface area contributed by atoms with Gasteiger partial charge < -0.3 is 11.1 Å². The molecule has 0 saturated heterocycles. The van der Waals surface area contributed by atoms with E-state index in [2.05, 4.69) is 42.2 Å². The zero-order valence-corrected chi connectivity index (χ0v) is 13.0. The Morgan fingerprint density at radius 1 is 1.26 bits per heavy atom. The number of rotatable bonds is 4. The molecule has 1 aromatic carbocycles. The van der Waals surface area contributed by atoms with Crippen LogP contribution >= 0.6 is 31.9 Å². The third-order valence-electron chi connectivity index (χ3n) is 2.51. The molecule has 3 N–H and O–H groups in total. The van der Waals surface area contributed by atoms with Crippen LogP contribution in [-0.2, 0) is 6.54 Å². The highest BCUT2D eigenvalue weighted by Gasteiger charge is 2.03. The minimum absolute atomic E-state index is 0.427. The number of amides is 1. The van der Waals surface area contributed by atoms with Gasteiger partial charge >= 0.3 is 0 Å². The number of hydrogen-bond acceptors (Lipinski definition) is 3. The highest BCUT2D eigenvalue weighted by molar-refractivity contribution is 9.11. The quantitative estimate of drug-likeness (QED) is 0.849. The molecule has 0 saturated carbocycles. The molecule has 0 fully saturated rings. The van der Waals surface area contributed by atoms with E-state index in [0.29, 0.717) is 12.1 Å². The molecule has 1 aromatic heterocycles. The summed E-state index contributed by atoms with van der Waals surface area (Å²) in [6.45, 7) is 0.587. The van der Waals surface area contributed by atoms with Gasteiger partial charge in [0, 0.05) is 26.4 Å². The van der Waals surface area contributed by atoms with E-state index in [1.807, 2.05) is 18.2 Å². The molecule has 4 nitrogen and oxygen atoms in total. The van der Waals surface area contributed by atoms with Crippen LogP contribution < -0.4 is 11.1 Å². The summed E-state index contributed by atoms with van der Waals surface area (Å²) in [5, 5.41) is 3.23. The highest BCUT2D eigenvalue weighted by atomic mass is 79.9. The molecule has 2 aromatic rings. The van der Waals surface area contributed by atoms with Crippen molar-refractivity contribution in [2.45, 2.75) is 6.54 Å². The molecule has 1 heterocycles. The van der Waals surface area contributed by atoms with Gasteiger partial charge in [0.05, 0.1) is 12.2 Å². The van der Waals surface area contributed by atoms with Gasteiger partial charge in [-0.25, -0.2) is 0 Å². The number of nitrogens with one attached hydrogen (secondary N) is 1. The standard InChI is InChI=1S/C13H11Br2N3O/c14-9-5-11(15)12(18-6-9)7-17-10-3-1-8(2-4-10)13(16)19/h1-6,17H,7H2,(H2,16,19). The zero-order valence-electron chi connectivity index (χ0n) is 9.86.